The summed E-state index contributed by atoms with van der Waals surface area (Å²) in [4.78, 5) is 24.8. The number of para-hydroxylation sites is 1. The van der Waals surface area contributed by atoms with Gasteiger partial charge in [0.05, 0.1) is 22.9 Å². The molecule has 3 heterocycles. The number of benzene rings is 2. The van der Waals surface area contributed by atoms with E-state index < -0.39 is 0 Å². The van der Waals surface area contributed by atoms with Crippen molar-refractivity contribution in [3.05, 3.63) is 54.2 Å². The Morgan fingerprint density at radius 1 is 1.08 bits per heavy atom. The number of rotatable bonds is 8. The third-order valence-corrected chi connectivity index (χ3v) is 9.08. The molecule has 2 aliphatic heterocycles. The Bertz CT molecular complexity index is 1290. The van der Waals surface area contributed by atoms with Crippen molar-refractivity contribution in [3.8, 4) is 11.5 Å². The van der Waals surface area contributed by atoms with Crippen molar-refractivity contribution in [2.75, 3.05) is 43.8 Å². The Kier molecular flexibility index (Phi) is 7.60. The lowest BCUT2D eigenvalue weighted by molar-refractivity contribution is -0.130. The number of aromatic nitrogens is 1. The number of ether oxygens (including phenoxy) is 1. The van der Waals surface area contributed by atoms with E-state index in [9.17, 15) is 4.79 Å². The summed E-state index contributed by atoms with van der Waals surface area (Å²) < 4.78 is 6.24. The molecule has 1 saturated carbocycles. The number of hydrogen-bond acceptors (Lipinski definition) is 6. The van der Waals surface area contributed by atoms with Crippen LogP contribution in [0, 0.1) is 0 Å². The lowest BCUT2D eigenvalue weighted by Crippen LogP contribution is -2.48. The minimum atomic E-state index is 0.185. The fraction of sp³-hybridized carbons (Fsp3) is 0.467. The molecule has 0 radical (unpaired) electrons. The fourth-order valence-corrected chi connectivity index (χ4v) is 6.83. The first-order valence-corrected chi connectivity index (χ1v) is 14.9. The van der Waals surface area contributed by atoms with Gasteiger partial charge in [-0.2, -0.15) is 0 Å². The van der Waals surface area contributed by atoms with Crippen LogP contribution >= 0.6 is 11.8 Å². The molecule has 6 rings (SSSR count). The van der Waals surface area contributed by atoms with Crippen LogP contribution in [0.15, 0.2) is 53.5 Å². The number of nitrogens with one attached hydrogen (secondary N) is 2. The highest BCUT2D eigenvalue weighted by molar-refractivity contribution is 8.14. The topological polar surface area (TPSA) is 73.0 Å². The number of nitrogens with zero attached hydrogens (tertiary/aromatic N) is 3. The van der Waals surface area contributed by atoms with Crippen LogP contribution in [0.4, 0.5) is 5.69 Å². The first-order valence-electron chi connectivity index (χ1n) is 14.0. The molecule has 1 amide bonds. The van der Waals surface area contributed by atoms with E-state index in [0.717, 1.165) is 83.7 Å². The van der Waals surface area contributed by atoms with Gasteiger partial charge in [0.25, 0.3) is 0 Å². The Balaban J connectivity index is 1.17. The summed E-state index contributed by atoms with van der Waals surface area (Å²) in [6.45, 7) is 6.30. The third-order valence-electron chi connectivity index (χ3n) is 7.93. The molecule has 1 aromatic heterocycles. The van der Waals surface area contributed by atoms with Gasteiger partial charge in [-0.1, -0.05) is 31.0 Å². The van der Waals surface area contributed by atoms with E-state index in [2.05, 4.69) is 33.4 Å². The van der Waals surface area contributed by atoms with Crippen molar-refractivity contribution < 1.29 is 9.53 Å². The second kappa shape index (κ2) is 11.4. The van der Waals surface area contributed by atoms with E-state index in [-0.39, 0.29) is 5.91 Å². The van der Waals surface area contributed by atoms with Gasteiger partial charge in [-0.3, -0.25) is 14.7 Å². The Morgan fingerprint density at radius 2 is 1.87 bits per heavy atom. The number of fused-ring (bicyclic) bond motifs is 1. The van der Waals surface area contributed by atoms with Gasteiger partial charge in [0.1, 0.15) is 16.5 Å². The lowest BCUT2D eigenvalue weighted by Gasteiger charge is -2.34. The molecular weight excluding hydrogens is 494 g/mol. The number of carbonyl (C=O) groups excluding carboxylic acids is 1. The van der Waals surface area contributed by atoms with Gasteiger partial charge in [0.15, 0.2) is 0 Å². The number of anilines is 1. The summed E-state index contributed by atoms with van der Waals surface area (Å²) >= 11 is 1.85. The maximum atomic E-state index is 11.6. The summed E-state index contributed by atoms with van der Waals surface area (Å²) in [5.74, 6) is 2.90. The zero-order chi connectivity index (χ0) is 25.9. The number of hydrogen-bond donors (Lipinski definition) is 2. The van der Waals surface area contributed by atoms with Crippen LogP contribution < -0.4 is 10.1 Å². The van der Waals surface area contributed by atoms with Crippen molar-refractivity contribution in [2.45, 2.75) is 51.1 Å². The molecule has 0 spiro atoms. The first-order chi connectivity index (χ1) is 18.6. The molecule has 1 saturated heterocycles. The van der Waals surface area contributed by atoms with Gasteiger partial charge >= 0.3 is 0 Å². The zero-order valence-electron chi connectivity index (χ0n) is 22.1. The number of carbonyl (C=O) groups is 1. The first kappa shape index (κ1) is 25.3. The average Bonchev–Trinajstić information content (AvgIpc) is 3.69. The van der Waals surface area contributed by atoms with Crippen LogP contribution in [-0.4, -0.2) is 76.3 Å². The van der Waals surface area contributed by atoms with Crippen molar-refractivity contribution >= 4 is 39.3 Å². The molecule has 200 valence electrons. The van der Waals surface area contributed by atoms with E-state index in [0.29, 0.717) is 12.1 Å². The highest BCUT2D eigenvalue weighted by atomic mass is 32.2. The second-order valence-corrected chi connectivity index (χ2v) is 11.7. The van der Waals surface area contributed by atoms with Crippen LogP contribution in [-0.2, 0) is 4.79 Å². The molecule has 0 unspecified atom stereocenters. The summed E-state index contributed by atoms with van der Waals surface area (Å²) in [5.41, 5.74) is 3.33. The summed E-state index contributed by atoms with van der Waals surface area (Å²) in [6, 6.07) is 17.3. The zero-order valence-corrected chi connectivity index (χ0v) is 22.9. The molecule has 3 aliphatic rings. The Labute approximate surface area is 229 Å². The predicted molar refractivity (Wildman–Crippen MR) is 157 cm³/mol. The molecule has 2 fully saturated rings. The molecule has 1 aliphatic carbocycles. The van der Waals surface area contributed by atoms with E-state index in [1.807, 2.05) is 47.0 Å². The van der Waals surface area contributed by atoms with Crippen molar-refractivity contribution in [3.63, 3.8) is 0 Å². The van der Waals surface area contributed by atoms with Gasteiger partial charge < -0.3 is 19.9 Å². The monoisotopic (exact) mass is 531 g/mol. The highest BCUT2D eigenvalue weighted by Gasteiger charge is 2.24. The molecular formula is C30H37N5O2S. The number of thioether (sulfide) groups is 1. The minimum absolute atomic E-state index is 0.185. The average molecular weight is 532 g/mol. The molecule has 3 aromatic rings. The van der Waals surface area contributed by atoms with E-state index >= 15 is 0 Å². The Morgan fingerprint density at radius 3 is 2.63 bits per heavy atom. The number of amides is 1. The normalized spacial score (nSPS) is 20.7. The standard InChI is InChI=1S/C30H37N5O2S/c1-21(36)35-15-13-34(14-16-35)12-11-24-20-38-30(32-24)28-18-22-17-26(37-25-9-3-2-4-10-25)19-27(29(22)33-28)31-23-7-5-6-8-23/h2-4,9-10,17-19,23-24,31,33H,5-8,11-16,20H2,1H3/t24-/m0/s1. The largest absolute Gasteiger partial charge is 0.457 e. The fourth-order valence-electron chi connectivity index (χ4n) is 5.75. The van der Waals surface area contributed by atoms with Crippen LogP contribution in [0.2, 0.25) is 0 Å². The second-order valence-electron chi connectivity index (χ2n) is 10.7. The predicted octanol–water partition coefficient (Wildman–Crippen LogP) is 5.73. The maximum absolute atomic E-state index is 11.6. The SMILES string of the molecule is CC(=O)N1CCN(CC[C@H]2CSC(c3cc4cc(Oc5ccccc5)cc(NC5CCCC5)c4[nH]3)=N2)CC1. The molecule has 2 N–H and O–H groups in total. The number of piperazine rings is 1. The minimum Gasteiger partial charge on any atom is -0.457 e. The quantitative estimate of drug-likeness (QED) is 0.388. The van der Waals surface area contributed by atoms with Crippen LogP contribution in [0.1, 0.15) is 44.7 Å². The van der Waals surface area contributed by atoms with Crippen molar-refractivity contribution in [2.24, 2.45) is 4.99 Å². The molecule has 7 nitrogen and oxygen atoms in total. The van der Waals surface area contributed by atoms with E-state index in [4.69, 9.17) is 9.73 Å². The summed E-state index contributed by atoms with van der Waals surface area (Å²) in [5, 5.41) is 6.05. The lowest BCUT2D eigenvalue weighted by atomic mass is 10.1. The van der Waals surface area contributed by atoms with Gasteiger partial charge in [-0.15, -0.1) is 11.8 Å². The number of aromatic amines is 1. The van der Waals surface area contributed by atoms with Crippen molar-refractivity contribution in [1.82, 2.24) is 14.8 Å². The van der Waals surface area contributed by atoms with Gasteiger partial charge in [0, 0.05) is 62.9 Å². The number of aliphatic imine (C=N–C) groups is 1. The third kappa shape index (κ3) is 5.86. The van der Waals surface area contributed by atoms with Crippen LogP contribution in [0.5, 0.6) is 11.5 Å². The number of H-pyrrole nitrogens is 1. The molecule has 8 heteroatoms. The summed E-state index contributed by atoms with van der Waals surface area (Å²) in [7, 11) is 0. The van der Waals surface area contributed by atoms with Gasteiger partial charge in [-0.25, -0.2) is 0 Å². The smallest absolute Gasteiger partial charge is 0.219 e. The van der Waals surface area contributed by atoms with Crippen molar-refractivity contribution in [1.29, 1.82) is 0 Å². The van der Waals surface area contributed by atoms with Gasteiger partial charge in [0.2, 0.25) is 5.91 Å². The summed E-state index contributed by atoms with van der Waals surface area (Å²) in [6.07, 6.45) is 6.07. The molecule has 2 aromatic carbocycles. The van der Waals surface area contributed by atoms with Crippen LogP contribution in [0.25, 0.3) is 10.9 Å². The van der Waals surface area contributed by atoms with Crippen LogP contribution in [0.3, 0.4) is 0 Å². The Hall–Kier alpha value is -2.97. The van der Waals surface area contributed by atoms with E-state index in [1.54, 1.807) is 6.92 Å². The van der Waals surface area contributed by atoms with E-state index in [1.165, 1.54) is 25.7 Å². The highest BCUT2D eigenvalue weighted by Crippen LogP contribution is 2.36. The molecule has 1 atom stereocenters. The molecule has 38 heavy (non-hydrogen) atoms. The molecule has 0 bridgehead atoms. The maximum Gasteiger partial charge on any atom is 0.219 e. The van der Waals surface area contributed by atoms with Gasteiger partial charge in [-0.05, 0) is 43.5 Å².